The molecule has 142 valence electrons. The molecule has 1 aromatic carbocycles. The molecule has 0 bridgehead atoms. The highest BCUT2D eigenvalue weighted by Gasteiger charge is 2.45. The number of aliphatic imine (C=N–C) groups is 1. The fraction of sp³-hybridized carbons (Fsp3) is 0.650. The van der Waals surface area contributed by atoms with E-state index in [4.69, 9.17) is 4.74 Å². The van der Waals surface area contributed by atoms with Gasteiger partial charge in [0.05, 0.1) is 12.7 Å². The zero-order chi connectivity index (χ0) is 18.0. The monoisotopic (exact) mass is 420 g/mol. The minimum absolute atomic E-state index is 0.238. The molecule has 0 spiro atoms. The summed E-state index contributed by atoms with van der Waals surface area (Å²) in [6.07, 6.45) is 5.30. The van der Waals surface area contributed by atoms with Crippen LogP contribution in [-0.4, -0.2) is 62.8 Å². The first-order valence-electron chi connectivity index (χ1n) is 9.75. The molecule has 1 aromatic rings. The van der Waals surface area contributed by atoms with Gasteiger partial charge in [0.15, 0.2) is 5.96 Å². The van der Waals surface area contributed by atoms with Crippen LogP contribution >= 0.6 is 15.9 Å². The Morgan fingerprint density at radius 3 is 2.96 bits per heavy atom. The van der Waals surface area contributed by atoms with Gasteiger partial charge in [-0.05, 0) is 43.9 Å². The molecule has 3 fully saturated rings. The minimum Gasteiger partial charge on any atom is -0.373 e. The van der Waals surface area contributed by atoms with Gasteiger partial charge in [-0.3, -0.25) is 9.89 Å². The molecule has 0 aromatic heterocycles. The van der Waals surface area contributed by atoms with Crippen LogP contribution in [0.1, 0.15) is 31.2 Å². The molecule has 2 saturated heterocycles. The molecule has 2 heterocycles. The van der Waals surface area contributed by atoms with Gasteiger partial charge < -0.3 is 15.4 Å². The van der Waals surface area contributed by atoms with Gasteiger partial charge in [-0.2, -0.15) is 0 Å². The molecule has 3 aliphatic rings. The lowest BCUT2D eigenvalue weighted by Gasteiger charge is -2.35. The van der Waals surface area contributed by atoms with Crippen molar-refractivity contribution in [2.24, 2.45) is 4.99 Å². The van der Waals surface area contributed by atoms with Gasteiger partial charge in [0.2, 0.25) is 0 Å². The molecule has 1 aliphatic carbocycles. The molecule has 2 N–H and O–H groups in total. The van der Waals surface area contributed by atoms with Crippen molar-refractivity contribution in [3.05, 3.63) is 34.3 Å². The highest BCUT2D eigenvalue weighted by molar-refractivity contribution is 9.10. The van der Waals surface area contributed by atoms with Gasteiger partial charge in [-0.1, -0.05) is 34.1 Å². The van der Waals surface area contributed by atoms with Crippen LogP contribution in [0, 0.1) is 0 Å². The Bertz CT molecular complexity index is 661. The highest BCUT2D eigenvalue weighted by atomic mass is 79.9. The summed E-state index contributed by atoms with van der Waals surface area (Å²) in [5.74, 6) is 0.871. The Labute approximate surface area is 164 Å². The van der Waals surface area contributed by atoms with Crippen molar-refractivity contribution < 1.29 is 4.74 Å². The average Bonchev–Trinajstić information content (AvgIpc) is 3.30. The lowest BCUT2D eigenvalue weighted by atomic mass is 9.96. The molecule has 5 nitrogen and oxygen atoms in total. The third kappa shape index (κ3) is 3.92. The summed E-state index contributed by atoms with van der Waals surface area (Å²) in [6.45, 7) is 4.87. The second kappa shape index (κ2) is 7.87. The van der Waals surface area contributed by atoms with E-state index in [1.807, 2.05) is 7.05 Å². The summed E-state index contributed by atoms with van der Waals surface area (Å²) < 4.78 is 7.24. The van der Waals surface area contributed by atoms with Crippen molar-refractivity contribution in [2.45, 2.75) is 43.2 Å². The third-order valence-electron chi connectivity index (χ3n) is 6.08. The second-order valence-corrected chi connectivity index (χ2v) is 8.67. The van der Waals surface area contributed by atoms with E-state index < -0.39 is 0 Å². The Hall–Kier alpha value is -1.11. The molecular weight excluding hydrogens is 392 g/mol. The van der Waals surface area contributed by atoms with Crippen LogP contribution in [0.5, 0.6) is 0 Å². The number of fused-ring (bicyclic) bond motifs is 1. The second-order valence-electron chi connectivity index (χ2n) is 7.81. The Morgan fingerprint density at radius 1 is 1.35 bits per heavy atom. The molecule has 2 unspecified atom stereocenters. The first-order chi connectivity index (χ1) is 12.7. The van der Waals surface area contributed by atoms with Crippen LogP contribution in [0.15, 0.2) is 33.7 Å². The summed E-state index contributed by atoms with van der Waals surface area (Å²) >= 11 is 3.71. The fourth-order valence-corrected chi connectivity index (χ4v) is 4.98. The average molecular weight is 421 g/mol. The van der Waals surface area contributed by atoms with Gasteiger partial charge in [0, 0.05) is 42.6 Å². The molecular formula is C20H29BrN4O. The number of nitrogens with one attached hydrogen (secondary N) is 2. The van der Waals surface area contributed by atoms with Gasteiger partial charge >= 0.3 is 0 Å². The Kier molecular flexibility index (Phi) is 5.53. The van der Waals surface area contributed by atoms with E-state index >= 15 is 0 Å². The minimum atomic E-state index is 0.238. The number of hydrogen-bond donors (Lipinski definition) is 2. The molecule has 1 saturated carbocycles. The van der Waals surface area contributed by atoms with Crippen LogP contribution in [0.2, 0.25) is 0 Å². The van der Waals surface area contributed by atoms with Gasteiger partial charge in [-0.15, -0.1) is 0 Å². The predicted molar refractivity (Wildman–Crippen MR) is 109 cm³/mol. The first-order valence-corrected chi connectivity index (χ1v) is 10.5. The molecule has 0 amide bonds. The van der Waals surface area contributed by atoms with Crippen molar-refractivity contribution in [3.63, 3.8) is 0 Å². The summed E-state index contributed by atoms with van der Waals surface area (Å²) in [5, 5.41) is 6.99. The van der Waals surface area contributed by atoms with E-state index in [1.165, 1.54) is 42.3 Å². The first kappa shape index (κ1) is 18.3. The number of nitrogens with zero attached hydrogens (tertiary/aromatic N) is 2. The smallest absolute Gasteiger partial charge is 0.191 e. The number of halogens is 1. The summed E-state index contributed by atoms with van der Waals surface area (Å²) in [7, 11) is 1.84. The maximum atomic E-state index is 6.04. The number of rotatable bonds is 5. The molecule has 2 atom stereocenters. The van der Waals surface area contributed by atoms with E-state index in [0.29, 0.717) is 6.04 Å². The topological polar surface area (TPSA) is 48.9 Å². The summed E-state index contributed by atoms with van der Waals surface area (Å²) in [4.78, 5) is 6.98. The van der Waals surface area contributed by atoms with Crippen molar-refractivity contribution >= 4 is 21.9 Å². The maximum absolute atomic E-state index is 6.04. The van der Waals surface area contributed by atoms with Crippen molar-refractivity contribution in [1.29, 1.82) is 0 Å². The van der Waals surface area contributed by atoms with Crippen LogP contribution < -0.4 is 10.6 Å². The van der Waals surface area contributed by atoms with E-state index in [-0.39, 0.29) is 11.5 Å². The van der Waals surface area contributed by atoms with E-state index in [2.05, 4.69) is 60.7 Å². The number of hydrogen-bond acceptors (Lipinski definition) is 3. The molecule has 4 rings (SSSR count). The third-order valence-corrected chi connectivity index (χ3v) is 6.77. The quantitative estimate of drug-likeness (QED) is 0.567. The summed E-state index contributed by atoms with van der Waals surface area (Å²) in [6, 6.07) is 9.22. The Balaban J connectivity index is 1.27. The maximum Gasteiger partial charge on any atom is 0.191 e. The molecule has 2 aliphatic heterocycles. The van der Waals surface area contributed by atoms with Gasteiger partial charge in [0.25, 0.3) is 0 Å². The van der Waals surface area contributed by atoms with Crippen molar-refractivity contribution in [2.75, 3.05) is 39.8 Å². The SMILES string of the molecule is CN=C(NCC1CN2CCCC2CO1)NCC1(c2ccccc2Br)CC1. The van der Waals surface area contributed by atoms with Crippen molar-refractivity contribution in [1.82, 2.24) is 15.5 Å². The highest BCUT2D eigenvalue weighted by Crippen LogP contribution is 2.49. The molecule has 0 radical (unpaired) electrons. The lowest BCUT2D eigenvalue weighted by molar-refractivity contribution is -0.0453. The number of ether oxygens (including phenoxy) is 1. The molecule has 6 heteroatoms. The number of guanidine groups is 1. The van der Waals surface area contributed by atoms with Gasteiger partial charge in [-0.25, -0.2) is 0 Å². The summed E-state index contributed by atoms with van der Waals surface area (Å²) in [5.41, 5.74) is 1.64. The van der Waals surface area contributed by atoms with E-state index in [1.54, 1.807) is 0 Å². The predicted octanol–water partition coefficient (Wildman–Crippen LogP) is 2.51. The van der Waals surface area contributed by atoms with Crippen molar-refractivity contribution in [3.8, 4) is 0 Å². The Morgan fingerprint density at radius 2 is 2.19 bits per heavy atom. The molecule has 26 heavy (non-hydrogen) atoms. The zero-order valence-corrected chi connectivity index (χ0v) is 17.1. The van der Waals surface area contributed by atoms with Gasteiger partial charge in [0.1, 0.15) is 0 Å². The van der Waals surface area contributed by atoms with E-state index in [0.717, 1.165) is 32.2 Å². The van der Waals surface area contributed by atoms with Crippen LogP contribution in [0.25, 0.3) is 0 Å². The largest absolute Gasteiger partial charge is 0.373 e. The van der Waals surface area contributed by atoms with Crippen LogP contribution in [0.3, 0.4) is 0 Å². The lowest BCUT2D eigenvalue weighted by Crippen LogP contribution is -2.51. The standard InChI is InChI=1S/C20H29BrN4O/c1-22-19(23-11-16-12-25-10-4-5-15(25)13-26-16)24-14-20(8-9-20)17-6-2-3-7-18(17)21/h2-3,6-7,15-16H,4-5,8-14H2,1H3,(H2,22,23,24). The number of morpholine rings is 1. The van der Waals surface area contributed by atoms with Crippen LogP contribution in [0.4, 0.5) is 0 Å². The fourth-order valence-electron chi connectivity index (χ4n) is 4.28. The number of benzene rings is 1. The van der Waals surface area contributed by atoms with Crippen LogP contribution in [-0.2, 0) is 10.2 Å². The normalized spacial score (nSPS) is 27.8. The van der Waals surface area contributed by atoms with E-state index in [9.17, 15) is 0 Å². The zero-order valence-electron chi connectivity index (χ0n) is 15.5.